The summed E-state index contributed by atoms with van der Waals surface area (Å²) in [4.78, 5) is 20.5. The third-order valence-electron chi connectivity index (χ3n) is 4.36. The summed E-state index contributed by atoms with van der Waals surface area (Å²) < 4.78 is 0. The monoisotopic (exact) mass is 385 g/mol. The van der Waals surface area contributed by atoms with Gasteiger partial charge in [-0.05, 0) is 44.0 Å². The molecule has 4 nitrogen and oxygen atoms in total. The standard InChI is InChI=1S/C20H23N3OS2/c1-14-7-4-5-8-17(14)22-19(24)11-20-21-16(13-26-20)12-23(3)15(2)18-9-6-10-25-18/h4-10,13,15H,11-12H2,1-3H3,(H,22,24). The Morgan fingerprint density at radius 3 is 2.77 bits per heavy atom. The van der Waals surface area contributed by atoms with E-state index in [1.165, 1.54) is 4.88 Å². The zero-order valence-corrected chi connectivity index (χ0v) is 16.9. The Labute approximate surface area is 162 Å². The summed E-state index contributed by atoms with van der Waals surface area (Å²) in [6, 6.07) is 12.4. The van der Waals surface area contributed by atoms with Gasteiger partial charge in [-0.3, -0.25) is 9.69 Å². The SMILES string of the molecule is Cc1ccccc1NC(=O)Cc1nc(CN(C)C(C)c2cccs2)cs1. The Kier molecular flexibility index (Phi) is 6.19. The summed E-state index contributed by atoms with van der Waals surface area (Å²) in [6.07, 6.45) is 0.309. The number of aromatic nitrogens is 1. The van der Waals surface area contributed by atoms with E-state index < -0.39 is 0 Å². The normalized spacial score (nSPS) is 12.3. The second-order valence-corrected chi connectivity index (χ2v) is 8.30. The number of hydrogen-bond acceptors (Lipinski definition) is 5. The molecule has 0 aliphatic carbocycles. The molecule has 26 heavy (non-hydrogen) atoms. The van der Waals surface area contributed by atoms with Crippen molar-refractivity contribution in [1.82, 2.24) is 9.88 Å². The number of amides is 1. The molecule has 0 aliphatic rings. The zero-order chi connectivity index (χ0) is 18.5. The predicted octanol–water partition coefficient (Wildman–Crippen LogP) is 4.89. The summed E-state index contributed by atoms with van der Waals surface area (Å²) in [5.41, 5.74) is 2.93. The van der Waals surface area contributed by atoms with Crippen LogP contribution in [0.15, 0.2) is 47.2 Å². The van der Waals surface area contributed by atoms with Crippen LogP contribution in [0, 0.1) is 6.92 Å². The molecule has 3 aromatic rings. The van der Waals surface area contributed by atoms with E-state index >= 15 is 0 Å². The highest BCUT2D eigenvalue weighted by molar-refractivity contribution is 7.10. The van der Waals surface area contributed by atoms with Crippen LogP contribution < -0.4 is 5.32 Å². The van der Waals surface area contributed by atoms with E-state index in [1.807, 2.05) is 36.6 Å². The topological polar surface area (TPSA) is 45.2 Å². The van der Waals surface area contributed by atoms with Gasteiger partial charge in [0.1, 0.15) is 5.01 Å². The summed E-state index contributed by atoms with van der Waals surface area (Å²) in [7, 11) is 2.11. The van der Waals surface area contributed by atoms with Gasteiger partial charge in [-0.1, -0.05) is 24.3 Å². The second kappa shape index (κ2) is 8.58. The van der Waals surface area contributed by atoms with Crippen molar-refractivity contribution in [3.05, 3.63) is 68.3 Å². The summed E-state index contributed by atoms with van der Waals surface area (Å²) in [5.74, 6) is -0.0273. The van der Waals surface area contributed by atoms with Gasteiger partial charge in [0.2, 0.25) is 5.91 Å². The van der Waals surface area contributed by atoms with Gasteiger partial charge in [-0.25, -0.2) is 4.98 Å². The molecule has 1 amide bonds. The van der Waals surface area contributed by atoms with Gasteiger partial charge in [0, 0.05) is 28.5 Å². The van der Waals surface area contributed by atoms with E-state index in [4.69, 9.17) is 0 Å². The fraction of sp³-hybridized carbons (Fsp3) is 0.300. The van der Waals surface area contributed by atoms with Gasteiger partial charge < -0.3 is 5.32 Å². The van der Waals surface area contributed by atoms with Crippen molar-refractivity contribution in [2.45, 2.75) is 32.9 Å². The van der Waals surface area contributed by atoms with E-state index in [0.29, 0.717) is 12.5 Å². The summed E-state index contributed by atoms with van der Waals surface area (Å²) in [6.45, 7) is 4.96. The minimum Gasteiger partial charge on any atom is -0.325 e. The third-order valence-corrected chi connectivity index (χ3v) is 6.30. The van der Waals surface area contributed by atoms with Crippen LogP contribution in [-0.4, -0.2) is 22.8 Å². The van der Waals surface area contributed by atoms with Crippen LogP contribution in [-0.2, 0) is 17.8 Å². The molecule has 0 radical (unpaired) electrons. The number of rotatable bonds is 7. The van der Waals surface area contributed by atoms with Crippen LogP contribution in [0.4, 0.5) is 5.69 Å². The van der Waals surface area contributed by atoms with Crippen LogP contribution >= 0.6 is 22.7 Å². The Morgan fingerprint density at radius 2 is 2.04 bits per heavy atom. The zero-order valence-electron chi connectivity index (χ0n) is 15.2. The highest BCUT2D eigenvalue weighted by Gasteiger charge is 2.15. The molecule has 0 fully saturated rings. The van der Waals surface area contributed by atoms with Crippen LogP contribution in [0.2, 0.25) is 0 Å². The molecular weight excluding hydrogens is 362 g/mol. The number of carbonyl (C=O) groups excluding carboxylic acids is 1. The molecular formula is C20H23N3OS2. The maximum Gasteiger partial charge on any atom is 0.231 e. The fourth-order valence-electron chi connectivity index (χ4n) is 2.69. The Morgan fingerprint density at radius 1 is 1.23 bits per heavy atom. The first-order valence-electron chi connectivity index (χ1n) is 8.55. The number of benzene rings is 1. The third kappa shape index (κ3) is 4.78. The van der Waals surface area contributed by atoms with Gasteiger partial charge in [0.25, 0.3) is 0 Å². The van der Waals surface area contributed by atoms with Crippen LogP contribution in [0.25, 0.3) is 0 Å². The minimum atomic E-state index is -0.0273. The lowest BCUT2D eigenvalue weighted by molar-refractivity contribution is -0.115. The highest BCUT2D eigenvalue weighted by Crippen LogP contribution is 2.25. The Bertz CT molecular complexity index is 858. The number of thiazole rings is 1. The molecule has 2 heterocycles. The van der Waals surface area contributed by atoms with Crippen LogP contribution in [0.5, 0.6) is 0 Å². The molecule has 3 rings (SSSR count). The lowest BCUT2D eigenvalue weighted by Gasteiger charge is -2.22. The summed E-state index contributed by atoms with van der Waals surface area (Å²) >= 11 is 3.32. The van der Waals surface area contributed by atoms with Crippen molar-refractivity contribution in [3.8, 4) is 0 Å². The van der Waals surface area contributed by atoms with Gasteiger partial charge >= 0.3 is 0 Å². The smallest absolute Gasteiger partial charge is 0.231 e. The first kappa shape index (κ1) is 18.8. The largest absolute Gasteiger partial charge is 0.325 e. The van der Waals surface area contributed by atoms with E-state index in [0.717, 1.165) is 28.5 Å². The second-order valence-electron chi connectivity index (χ2n) is 6.38. The maximum atomic E-state index is 12.3. The number of thiophene rings is 1. The molecule has 136 valence electrons. The molecule has 1 aromatic carbocycles. The van der Waals surface area contributed by atoms with Crippen molar-refractivity contribution in [2.24, 2.45) is 0 Å². The van der Waals surface area contributed by atoms with Crippen molar-refractivity contribution in [3.63, 3.8) is 0 Å². The molecule has 0 aliphatic heterocycles. The Hall–Kier alpha value is -2.02. The molecule has 6 heteroatoms. The number of aryl methyl sites for hydroxylation is 1. The molecule has 1 N–H and O–H groups in total. The lowest BCUT2D eigenvalue weighted by atomic mass is 10.2. The average Bonchev–Trinajstić information content (AvgIpc) is 3.28. The molecule has 1 atom stereocenters. The maximum absolute atomic E-state index is 12.3. The van der Waals surface area contributed by atoms with Crippen molar-refractivity contribution in [2.75, 3.05) is 12.4 Å². The van der Waals surface area contributed by atoms with Crippen molar-refractivity contribution in [1.29, 1.82) is 0 Å². The molecule has 2 aromatic heterocycles. The van der Waals surface area contributed by atoms with Gasteiger partial charge in [0.05, 0.1) is 12.1 Å². The lowest BCUT2D eigenvalue weighted by Crippen LogP contribution is -2.21. The summed E-state index contributed by atoms with van der Waals surface area (Å²) in [5, 5.41) is 7.97. The number of nitrogens with one attached hydrogen (secondary N) is 1. The van der Waals surface area contributed by atoms with Gasteiger partial charge in [-0.2, -0.15) is 0 Å². The first-order chi connectivity index (χ1) is 12.5. The van der Waals surface area contributed by atoms with Gasteiger partial charge in [-0.15, -0.1) is 22.7 Å². The highest BCUT2D eigenvalue weighted by atomic mass is 32.1. The van der Waals surface area contributed by atoms with E-state index in [9.17, 15) is 4.79 Å². The number of anilines is 1. The van der Waals surface area contributed by atoms with E-state index in [-0.39, 0.29) is 5.91 Å². The van der Waals surface area contributed by atoms with Gasteiger partial charge in [0.15, 0.2) is 0 Å². The molecule has 0 saturated heterocycles. The van der Waals surface area contributed by atoms with E-state index in [1.54, 1.807) is 22.7 Å². The first-order valence-corrected chi connectivity index (χ1v) is 10.3. The van der Waals surface area contributed by atoms with Crippen LogP contribution in [0.1, 0.15) is 34.1 Å². The quantitative estimate of drug-likeness (QED) is 0.630. The molecule has 0 bridgehead atoms. The number of para-hydroxylation sites is 1. The predicted molar refractivity (Wildman–Crippen MR) is 110 cm³/mol. The number of hydrogen-bond donors (Lipinski definition) is 1. The average molecular weight is 386 g/mol. The number of carbonyl (C=O) groups is 1. The molecule has 0 saturated carbocycles. The number of nitrogens with zero attached hydrogens (tertiary/aromatic N) is 2. The van der Waals surface area contributed by atoms with Crippen LogP contribution in [0.3, 0.4) is 0 Å². The van der Waals surface area contributed by atoms with Crippen molar-refractivity contribution < 1.29 is 4.79 Å². The minimum absolute atomic E-state index is 0.0273. The molecule has 0 spiro atoms. The van der Waals surface area contributed by atoms with E-state index in [2.05, 4.69) is 46.7 Å². The fourth-order valence-corrected chi connectivity index (χ4v) is 4.32. The Balaban J connectivity index is 1.56. The molecule has 1 unspecified atom stereocenters. The van der Waals surface area contributed by atoms with Crippen molar-refractivity contribution >= 4 is 34.3 Å².